The van der Waals surface area contributed by atoms with E-state index in [4.69, 9.17) is 11.6 Å². The molecule has 0 aliphatic rings. The highest BCUT2D eigenvalue weighted by molar-refractivity contribution is 6.67. The maximum Gasteiger partial charge on any atom is 0.252 e. The molecule has 0 bridgehead atoms. The molecule has 0 amide bonds. The fourth-order valence-corrected chi connectivity index (χ4v) is 0.851. The van der Waals surface area contributed by atoms with E-state index in [1.807, 2.05) is 0 Å². The van der Waals surface area contributed by atoms with Gasteiger partial charge < -0.3 is 0 Å². The van der Waals surface area contributed by atoms with E-state index >= 15 is 0 Å². The number of rotatable bonds is 2. The van der Waals surface area contributed by atoms with Gasteiger partial charge in [0.25, 0.3) is 5.24 Å². The van der Waals surface area contributed by atoms with E-state index in [0.29, 0.717) is 11.1 Å². The molecule has 0 radical (unpaired) electrons. The molecule has 0 fully saturated rings. The summed E-state index contributed by atoms with van der Waals surface area (Å²) in [6, 6.07) is 6.08. The first-order valence-electron chi connectivity index (χ1n) is 3.09. The van der Waals surface area contributed by atoms with Crippen LogP contribution in [0.3, 0.4) is 0 Å². The van der Waals surface area contributed by atoms with Crippen LogP contribution in [0.4, 0.5) is 4.39 Å². The minimum absolute atomic E-state index is 0.392. The van der Waals surface area contributed by atoms with Gasteiger partial charge in [-0.1, -0.05) is 12.1 Å². The van der Waals surface area contributed by atoms with Crippen LogP contribution >= 0.6 is 11.6 Å². The Bertz CT molecular complexity index is 255. The summed E-state index contributed by atoms with van der Waals surface area (Å²) in [4.78, 5) is 10.5. The summed E-state index contributed by atoms with van der Waals surface area (Å²) in [5.74, 6) is 0. The van der Waals surface area contributed by atoms with Crippen molar-refractivity contribution in [2.75, 3.05) is 0 Å². The monoisotopic (exact) mass is 171 g/mol. The normalized spacial score (nSPS) is 9.64. The second-order valence-corrected chi connectivity index (χ2v) is 2.45. The van der Waals surface area contributed by atoms with Crippen molar-refractivity contribution in [2.24, 2.45) is 0 Å². The van der Waals surface area contributed by atoms with Crippen molar-refractivity contribution in [3.8, 4) is 0 Å². The van der Waals surface area contributed by atoms with E-state index in [-0.39, 0.29) is 0 Å². The number of carbonyl (C=O) groups excluding carboxylic acids is 1. The highest BCUT2D eigenvalue weighted by Gasteiger charge is 1.99. The molecule has 58 valence electrons. The second kappa shape index (κ2) is 3.49. The van der Waals surface area contributed by atoms with Crippen molar-refractivity contribution in [3.05, 3.63) is 35.4 Å². The molecule has 0 saturated heterocycles. The SMILES string of the molecule is O=C(Cl)c1ccc(C[18F])cc1. The Hall–Kier alpha value is -0.890. The summed E-state index contributed by atoms with van der Waals surface area (Å²) in [7, 11) is 0. The Morgan fingerprint density at radius 3 is 2.27 bits per heavy atom. The summed E-state index contributed by atoms with van der Waals surface area (Å²) in [6.45, 7) is -0.517. The molecule has 0 aliphatic heterocycles. The zero-order valence-electron chi connectivity index (χ0n) is 5.68. The molecule has 1 nitrogen and oxygen atoms in total. The Morgan fingerprint density at radius 1 is 1.36 bits per heavy atom. The predicted molar refractivity (Wildman–Crippen MR) is 41.4 cm³/mol. The summed E-state index contributed by atoms with van der Waals surface area (Å²) in [5.41, 5.74) is 0.940. The first-order valence-corrected chi connectivity index (χ1v) is 3.46. The van der Waals surface area contributed by atoms with Crippen LogP contribution in [-0.2, 0) is 6.67 Å². The van der Waals surface area contributed by atoms with Gasteiger partial charge in [-0.15, -0.1) is 0 Å². The molecule has 0 aliphatic carbocycles. The minimum atomic E-state index is -0.518. The standard InChI is InChI=1S/C8H6ClFO/c9-8(11)7-3-1-6(5-10)2-4-7/h1-4H,5H2/i10-1. The Balaban J connectivity index is 2.91. The molecule has 1 aromatic carbocycles. The van der Waals surface area contributed by atoms with Crippen LogP contribution in [0.5, 0.6) is 0 Å². The minimum Gasteiger partial charge on any atom is -0.276 e. The maximum atomic E-state index is 11.9. The van der Waals surface area contributed by atoms with E-state index in [1.54, 1.807) is 0 Å². The van der Waals surface area contributed by atoms with Crippen LogP contribution in [0.2, 0.25) is 0 Å². The van der Waals surface area contributed by atoms with Gasteiger partial charge in [0.05, 0.1) is 0 Å². The van der Waals surface area contributed by atoms with Crippen LogP contribution in [0, 0.1) is 0 Å². The molecule has 0 spiro atoms. The van der Waals surface area contributed by atoms with E-state index in [1.165, 1.54) is 24.3 Å². The maximum absolute atomic E-state index is 11.9. The van der Waals surface area contributed by atoms with E-state index < -0.39 is 11.9 Å². The molecule has 1 aromatic rings. The third kappa shape index (κ3) is 2.02. The number of carbonyl (C=O) groups is 1. The largest absolute Gasteiger partial charge is 0.276 e. The first kappa shape index (κ1) is 8.21. The van der Waals surface area contributed by atoms with Crippen molar-refractivity contribution in [1.82, 2.24) is 0 Å². The Labute approximate surface area is 68.8 Å². The van der Waals surface area contributed by atoms with Gasteiger partial charge in [-0.3, -0.25) is 4.79 Å². The molecule has 3 heteroatoms. The first-order chi connectivity index (χ1) is 5.24. The quantitative estimate of drug-likeness (QED) is 0.625. The number of hydrogen-bond donors (Lipinski definition) is 0. The van der Waals surface area contributed by atoms with E-state index in [0.717, 1.165) is 0 Å². The highest BCUT2D eigenvalue weighted by atomic mass is 35.5. The number of alkyl halides is 1. The lowest BCUT2D eigenvalue weighted by molar-refractivity contribution is 0.108. The lowest BCUT2D eigenvalue weighted by atomic mass is 10.2. The molecular formula is C8H6ClFO. The lowest BCUT2D eigenvalue weighted by Crippen LogP contribution is -1.88. The third-order valence-electron chi connectivity index (χ3n) is 1.34. The van der Waals surface area contributed by atoms with E-state index in [9.17, 15) is 9.18 Å². The van der Waals surface area contributed by atoms with Crippen molar-refractivity contribution < 1.29 is 9.18 Å². The van der Waals surface area contributed by atoms with Crippen molar-refractivity contribution in [2.45, 2.75) is 6.67 Å². The molecule has 0 unspecified atom stereocenters. The second-order valence-electron chi connectivity index (χ2n) is 2.10. The van der Waals surface area contributed by atoms with Crippen LogP contribution in [0.15, 0.2) is 24.3 Å². The number of halogens is 2. The average molecular weight is 172 g/mol. The Kier molecular flexibility index (Phi) is 2.60. The van der Waals surface area contributed by atoms with Crippen LogP contribution < -0.4 is 0 Å². The molecular weight excluding hydrogens is 166 g/mol. The fourth-order valence-electron chi connectivity index (χ4n) is 0.725. The lowest BCUT2D eigenvalue weighted by Gasteiger charge is -1.94. The number of hydrogen-bond acceptors (Lipinski definition) is 1. The van der Waals surface area contributed by atoms with Gasteiger partial charge in [0.15, 0.2) is 0 Å². The Morgan fingerprint density at radius 2 is 1.91 bits per heavy atom. The molecule has 0 saturated carbocycles. The summed E-state index contributed by atoms with van der Waals surface area (Å²) in [5, 5.41) is -0.518. The average Bonchev–Trinajstić information content (AvgIpc) is 2.05. The highest BCUT2D eigenvalue weighted by Crippen LogP contribution is 2.07. The van der Waals surface area contributed by atoms with Crippen molar-refractivity contribution >= 4 is 16.8 Å². The zero-order chi connectivity index (χ0) is 8.27. The van der Waals surface area contributed by atoms with Gasteiger partial charge in [0, 0.05) is 5.56 Å². The fraction of sp³-hybridized carbons (Fsp3) is 0.125. The van der Waals surface area contributed by atoms with Crippen LogP contribution in [0.25, 0.3) is 0 Å². The molecule has 0 N–H and O–H groups in total. The van der Waals surface area contributed by atoms with Gasteiger partial charge in [0.1, 0.15) is 6.67 Å². The van der Waals surface area contributed by atoms with Gasteiger partial charge in [-0.2, -0.15) is 0 Å². The van der Waals surface area contributed by atoms with Gasteiger partial charge in [-0.05, 0) is 29.3 Å². The predicted octanol–water partition coefficient (Wildman–Crippen LogP) is 2.54. The van der Waals surface area contributed by atoms with Gasteiger partial charge in [-0.25, -0.2) is 4.39 Å². The van der Waals surface area contributed by atoms with Crippen LogP contribution in [-0.4, -0.2) is 5.24 Å². The van der Waals surface area contributed by atoms with Gasteiger partial charge >= 0.3 is 0 Å². The van der Waals surface area contributed by atoms with Crippen LogP contribution in [0.1, 0.15) is 15.9 Å². The number of benzene rings is 1. The third-order valence-corrected chi connectivity index (χ3v) is 1.55. The molecule has 0 aromatic heterocycles. The summed E-state index contributed by atoms with van der Waals surface area (Å²) < 4.78 is 11.9. The smallest absolute Gasteiger partial charge is 0.252 e. The van der Waals surface area contributed by atoms with Gasteiger partial charge in [0.2, 0.25) is 0 Å². The summed E-state index contributed by atoms with van der Waals surface area (Å²) >= 11 is 5.17. The zero-order valence-corrected chi connectivity index (χ0v) is 6.44. The molecule has 1 rings (SSSR count). The molecule has 0 heterocycles. The summed E-state index contributed by atoms with van der Waals surface area (Å²) in [6.07, 6.45) is 0. The topological polar surface area (TPSA) is 17.1 Å². The van der Waals surface area contributed by atoms with Crippen molar-refractivity contribution in [3.63, 3.8) is 0 Å². The molecule has 0 atom stereocenters. The van der Waals surface area contributed by atoms with E-state index in [2.05, 4.69) is 0 Å². The van der Waals surface area contributed by atoms with Crippen molar-refractivity contribution in [1.29, 1.82) is 0 Å². The molecule has 11 heavy (non-hydrogen) atoms.